The second-order valence-electron chi connectivity index (χ2n) is 7.80. The first-order chi connectivity index (χ1) is 14.3. The third-order valence-corrected chi connectivity index (χ3v) is 5.09. The lowest BCUT2D eigenvalue weighted by Gasteiger charge is -2.32. The van der Waals surface area contributed by atoms with Gasteiger partial charge in [0.05, 0.1) is 17.3 Å². The van der Waals surface area contributed by atoms with Gasteiger partial charge in [0.15, 0.2) is 0 Å². The van der Waals surface area contributed by atoms with E-state index in [1.807, 2.05) is 50.2 Å². The average Bonchev–Trinajstić information content (AvgIpc) is 2.70. The maximum atomic E-state index is 12.9. The summed E-state index contributed by atoms with van der Waals surface area (Å²) >= 11 is 0. The highest BCUT2D eigenvalue weighted by atomic mass is 16.2. The highest BCUT2D eigenvalue weighted by Gasteiger charge is 2.29. The van der Waals surface area contributed by atoms with E-state index in [2.05, 4.69) is 16.0 Å². The van der Waals surface area contributed by atoms with Crippen LogP contribution in [0.4, 0.5) is 21.9 Å². The van der Waals surface area contributed by atoms with Crippen LogP contribution in [0.15, 0.2) is 42.5 Å². The molecule has 2 aromatic rings. The van der Waals surface area contributed by atoms with Gasteiger partial charge in [-0.05, 0) is 62.1 Å². The Bertz CT molecular complexity index is 957. The fourth-order valence-corrected chi connectivity index (χ4v) is 3.60. The van der Waals surface area contributed by atoms with Crippen molar-refractivity contribution in [3.8, 4) is 0 Å². The second-order valence-corrected chi connectivity index (χ2v) is 7.80. The van der Waals surface area contributed by atoms with E-state index < -0.39 is 0 Å². The SMILES string of the molecule is CC(=O)Nc1ccc(C)cc1NC(=O)C1CCCN(C(=O)Nc2cccc(C)c2)C1. The second kappa shape index (κ2) is 9.43. The summed E-state index contributed by atoms with van der Waals surface area (Å²) in [5, 5.41) is 8.58. The molecule has 1 aliphatic heterocycles. The van der Waals surface area contributed by atoms with Crippen LogP contribution in [0.3, 0.4) is 0 Å². The number of carbonyl (C=O) groups excluding carboxylic acids is 3. The Balaban J connectivity index is 1.65. The van der Waals surface area contributed by atoms with Crippen LogP contribution in [0.5, 0.6) is 0 Å². The van der Waals surface area contributed by atoms with Crippen molar-refractivity contribution in [3.05, 3.63) is 53.6 Å². The molecule has 1 atom stereocenters. The number of likely N-dealkylation sites (tertiary alicyclic amines) is 1. The molecule has 158 valence electrons. The standard InChI is InChI=1S/C23H28N4O3/c1-15-6-4-8-19(12-15)25-23(30)27-11-5-7-18(14-27)22(29)26-21-13-16(2)9-10-20(21)24-17(3)28/h4,6,8-10,12-13,18H,5,7,11,14H2,1-3H3,(H,24,28)(H,25,30)(H,26,29). The average molecular weight is 409 g/mol. The number of aryl methyl sites for hydroxylation is 2. The Morgan fingerprint density at radius 2 is 1.70 bits per heavy atom. The predicted molar refractivity (Wildman–Crippen MR) is 119 cm³/mol. The van der Waals surface area contributed by atoms with E-state index in [-0.39, 0.29) is 23.8 Å². The number of nitrogens with zero attached hydrogens (tertiary/aromatic N) is 1. The van der Waals surface area contributed by atoms with Gasteiger partial charge in [-0.3, -0.25) is 9.59 Å². The van der Waals surface area contributed by atoms with Crippen LogP contribution in [-0.2, 0) is 9.59 Å². The van der Waals surface area contributed by atoms with E-state index >= 15 is 0 Å². The van der Waals surface area contributed by atoms with Crippen molar-refractivity contribution in [2.24, 2.45) is 5.92 Å². The molecule has 30 heavy (non-hydrogen) atoms. The Morgan fingerprint density at radius 3 is 2.43 bits per heavy atom. The van der Waals surface area contributed by atoms with Gasteiger partial charge in [0.1, 0.15) is 0 Å². The Labute approximate surface area is 176 Å². The minimum atomic E-state index is -0.312. The van der Waals surface area contributed by atoms with Crippen LogP contribution in [0.1, 0.15) is 30.9 Å². The molecule has 0 bridgehead atoms. The number of hydrogen-bond donors (Lipinski definition) is 3. The normalized spacial score (nSPS) is 16.0. The molecule has 1 fully saturated rings. The molecule has 1 aliphatic rings. The molecule has 4 amide bonds. The lowest BCUT2D eigenvalue weighted by atomic mass is 9.97. The quantitative estimate of drug-likeness (QED) is 0.710. The van der Waals surface area contributed by atoms with Gasteiger partial charge in [-0.25, -0.2) is 4.79 Å². The van der Waals surface area contributed by atoms with Gasteiger partial charge in [-0.1, -0.05) is 18.2 Å². The summed E-state index contributed by atoms with van der Waals surface area (Å²) in [6.07, 6.45) is 1.47. The lowest BCUT2D eigenvalue weighted by molar-refractivity contribution is -0.121. The van der Waals surface area contributed by atoms with Crippen molar-refractivity contribution in [1.82, 2.24) is 4.90 Å². The Kier molecular flexibility index (Phi) is 6.72. The largest absolute Gasteiger partial charge is 0.325 e. The van der Waals surface area contributed by atoms with E-state index in [1.54, 1.807) is 11.0 Å². The third-order valence-electron chi connectivity index (χ3n) is 5.09. The molecule has 1 unspecified atom stereocenters. The molecule has 0 spiro atoms. The van der Waals surface area contributed by atoms with Crippen molar-refractivity contribution >= 4 is 34.9 Å². The Morgan fingerprint density at radius 1 is 0.933 bits per heavy atom. The summed E-state index contributed by atoms with van der Waals surface area (Å²) in [5.74, 6) is -0.668. The fraction of sp³-hybridized carbons (Fsp3) is 0.348. The molecule has 3 N–H and O–H groups in total. The molecule has 0 radical (unpaired) electrons. The maximum Gasteiger partial charge on any atom is 0.321 e. The minimum absolute atomic E-state index is 0.153. The van der Waals surface area contributed by atoms with Crippen molar-refractivity contribution in [1.29, 1.82) is 0 Å². The minimum Gasteiger partial charge on any atom is -0.325 e. The number of hydrogen-bond acceptors (Lipinski definition) is 3. The first-order valence-corrected chi connectivity index (χ1v) is 10.1. The molecule has 1 saturated heterocycles. The van der Waals surface area contributed by atoms with Gasteiger partial charge >= 0.3 is 6.03 Å². The number of rotatable bonds is 4. The molecule has 7 nitrogen and oxygen atoms in total. The zero-order valence-corrected chi connectivity index (χ0v) is 17.6. The van der Waals surface area contributed by atoms with Crippen LogP contribution >= 0.6 is 0 Å². The molecular weight excluding hydrogens is 380 g/mol. The Hall–Kier alpha value is -3.35. The van der Waals surface area contributed by atoms with Crippen LogP contribution in [0, 0.1) is 19.8 Å². The number of nitrogens with one attached hydrogen (secondary N) is 3. The maximum absolute atomic E-state index is 12.9. The van der Waals surface area contributed by atoms with Crippen LogP contribution in [0.25, 0.3) is 0 Å². The molecule has 7 heteroatoms. The number of benzene rings is 2. The molecule has 0 saturated carbocycles. The van der Waals surface area contributed by atoms with Crippen LogP contribution in [0.2, 0.25) is 0 Å². The summed E-state index contributed by atoms with van der Waals surface area (Å²) < 4.78 is 0. The molecule has 2 aromatic carbocycles. The van der Waals surface area contributed by atoms with Gasteiger partial charge in [0, 0.05) is 25.7 Å². The van der Waals surface area contributed by atoms with E-state index in [0.29, 0.717) is 30.9 Å². The highest BCUT2D eigenvalue weighted by molar-refractivity contribution is 6.00. The molecule has 1 heterocycles. The molecule has 0 aliphatic carbocycles. The number of piperidine rings is 1. The first kappa shape index (κ1) is 21.4. The summed E-state index contributed by atoms with van der Waals surface area (Å²) in [4.78, 5) is 38.7. The van der Waals surface area contributed by atoms with Crippen LogP contribution < -0.4 is 16.0 Å². The fourth-order valence-electron chi connectivity index (χ4n) is 3.60. The van der Waals surface area contributed by atoms with E-state index in [9.17, 15) is 14.4 Å². The lowest BCUT2D eigenvalue weighted by Crippen LogP contribution is -2.45. The molecular formula is C23H28N4O3. The van der Waals surface area contributed by atoms with Crippen molar-refractivity contribution < 1.29 is 14.4 Å². The van der Waals surface area contributed by atoms with Gasteiger partial charge in [-0.15, -0.1) is 0 Å². The van der Waals surface area contributed by atoms with Crippen molar-refractivity contribution in [2.75, 3.05) is 29.0 Å². The number of urea groups is 1. The zero-order chi connectivity index (χ0) is 21.7. The highest BCUT2D eigenvalue weighted by Crippen LogP contribution is 2.26. The van der Waals surface area contributed by atoms with Gasteiger partial charge in [0.2, 0.25) is 11.8 Å². The first-order valence-electron chi connectivity index (χ1n) is 10.1. The van der Waals surface area contributed by atoms with Gasteiger partial charge in [-0.2, -0.15) is 0 Å². The number of carbonyl (C=O) groups is 3. The topological polar surface area (TPSA) is 90.5 Å². The van der Waals surface area contributed by atoms with Crippen LogP contribution in [-0.4, -0.2) is 35.8 Å². The zero-order valence-electron chi connectivity index (χ0n) is 17.6. The summed E-state index contributed by atoms with van der Waals surface area (Å²) in [5.41, 5.74) is 3.91. The van der Waals surface area contributed by atoms with E-state index in [0.717, 1.165) is 23.2 Å². The molecule has 0 aromatic heterocycles. The van der Waals surface area contributed by atoms with E-state index in [1.165, 1.54) is 6.92 Å². The number of amides is 4. The summed E-state index contributed by atoms with van der Waals surface area (Å²) in [6.45, 7) is 6.29. The number of anilines is 3. The van der Waals surface area contributed by atoms with Gasteiger partial charge in [0.25, 0.3) is 0 Å². The van der Waals surface area contributed by atoms with Crippen molar-refractivity contribution in [2.45, 2.75) is 33.6 Å². The molecule has 3 rings (SSSR count). The van der Waals surface area contributed by atoms with Gasteiger partial charge < -0.3 is 20.9 Å². The monoisotopic (exact) mass is 408 g/mol. The summed E-state index contributed by atoms with van der Waals surface area (Å²) in [7, 11) is 0. The van der Waals surface area contributed by atoms with Crippen molar-refractivity contribution in [3.63, 3.8) is 0 Å². The smallest absolute Gasteiger partial charge is 0.321 e. The third kappa shape index (κ3) is 5.59. The van der Waals surface area contributed by atoms with E-state index in [4.69, 9.17) is 0 Å². The summed E-state index contributed by atoms with van der Waals surface area (Å²) in [6, 6.07) is 12.9. The predicted octanol–water partition coefficient (Wildman–Crippen LogP) is 4.14.